The highest BCUT2D eigenvalue weighted by atomic mass is 35.5. The molecule has 0 spiro atoms. The molecule has 1 atom stereocenters. The number of nitrogens with two attached hydrogens (primary N) is 1. The minimum atomic E-state index is 0.327. The van der Waals surface area contributed by atoms with Crippen LogP contribution in [0.25, 0.3) is 0 Å². The summed E-state index contributed by atoms with van der Waals surface area (Å²) in [5.41, 5.74) is 9.28. The molecule has 5 heteroatoms. The van der Waals surface area contributed by atoms with Gasteiger partial charge in [0, 0.05) is 11.1 Å². The number of anilines is 2. The van der Waals surface area contributed by atoms with E-state index < -0.39 is 0 Å². The van der Waals surface area contributed by atoms with Gasteiger partial charge in [0.1, 0.15) is 5.15 Å². The first-order valence-electron chi connectivity index (χ1n) is 5.48. The summed E-state index contributed by atoms with van der Waals surface area (Å²) < 4.78 is 0. The van der Waals surface area contributed by atoms with Crippen molar-refractivity contribution in [3.05, 3.63) is 39.9 Å². The first-order valence-corrected chi connectivity index (χ1v) is 6.74. The van der Waals surface area contributed by atoms with Gasteiger partial charge in [-0.15, -0.1) is 11.3 Å². The van der Waals surface area contributed by atoms with Gasteiger partial charge in [-0.1, -0.05) is 17.7 Å². The average Bonchev–Trinajstić information content (AvgIpc) is 2.86. The standard InChI is InChI=1S/C12H12ClN3S/c13-11-6-17-12(16-11)15-10-4-1-7-5-8(14)2-3-9(7)10/h2-3,5-6,10H,1,4,14H2,(H,15,16). The third kappa shape index (κ3) is 2.10. The molecular weight excluding hydrogens is 254 g/mol. The Kier molecular flexibility index (Phi) is 2.68. The molecule has 0 radical (unpaired) electrons. The van der Waals surface area contributed by atoms with E-state index >= 15 is 0 Å². The summed E-state index contributed by atoms with van der Waals surface area (Å²) in [7, 11) is 0. The number of nitrogens with zero attached hydrogens (tertiary/aromatic N) is 1. The van der Waals surface area contributed by atoms with Crippen molar-refractivity contribution in [2.45, 2.75) is 18.9 Å². The summed E-state index contributed by atoms with van der Waals surface area (Å²) in [6.07, 6.45) is 2.15. The molecule has 0 amide bonds. The van der Waals surface area contributed by atoms with Crippen molar-refractivity contribution >= 4 is 33.8 Å². The summed E-state index contributed by atoms with van der Waals surface area (Å²) in [6, 6.07) is 6.44. The largest absolute Gasteiger partial charge is 0.399 e. The lowest BCUT2D eigenvalue weighted by Crippen LogP contribution is -2.06. The summed E-state index contributed by atoms with van der Waals surface area (Å²) >= 11 is 7.34. The molecular formula is C12H12ClN3S. The van der Waals surface area contributed by atoms with Gasteiger partial charge in [-0.05, 0) is 36.1 Å². The smallest absolute Gasteiger partial charge is 0.184 e. The van der Waals surface area contributed by atoms with E-state index in [0.717, 1.165) is 23.7 Å². The number of nitrogens with one attached hydrogen (secondary N) is 1. The molecule has 3 rings (SSSR count). The number of benzene rings is 1. The minimum Gasteiger partial charge on any atom is -0.399 e. The number of aryl methyl sites for hydroxylation is 1. The normalized spacial score (nSPS) is 18.1. The SMILES string of the molecule is Nc1ccc2c(c1)CCC2Nc1nc(Cl)cs1. The molecule has 0 saturated carbocycles. The van der Waals surface area contributed by atoms with Crippen LogP contribution >= 0.6 is 22.9 Å². The topological polar surface area (TPSA) is 50.9 Å². The maximum Gasteiger partial charge on any atom is 0.184 e. The van der Waals surface area contributed by atoms with Crippen molar-refractivity contribution in [3.8, 4) is 0 Å². The Morgan fingerprint density at radius 2 is 2.35 bits per heavy atom. The van der Waals surface area contributed by atoms with Crippen LogP contribution in [0.5, 0.6) is 0 Å². The monoisotopic (exact) mass is 265 g/mol. The van der Waals surface area contributed by atoms with Crippen LogP contribution in [0.4, 0.5) is 10.8 Å². The zero-order valence-electron chi connectivity index (χ0n) is 9.11. The number of fused-ring (bicyclic) bond motifs is 1. The van der Waals surface area contributed by atoms with Crippen LogP contribution < -0.4 is 11.1 Å². The summed E-state index contributed by atoms with van der Waals surface area (Å²) in [5, 5.41) is 6.68. The lowest BCUT2D eigenvalue weighted by Gasteiger charge is -2.12. The van der Waals surface area contributed by atoms with Crippen LogP contribution in [-0.2, 0) is 6.42 Å². The van der Waals surface area contributed by atoms with Crippen LogP contribution in [0.1, 0.15) is 23.6 Å². The predicted octanol–water partition coefficient (Wildman–Crippen LogP) is 3.48. The number of hydrogen-bond acceptors (Lipinski definition) is 4. The van der Waals surface area contributed by atoms with Crippen molar-refractivity contribution in [3.63, 3.8) is 0 Å². The molecule has 3 N–H and O–H groups in total. The molecule has 2 aromatic rings. The Balaban J connectivity index is 1.84. The second-order valence-electron chi connectivity index (χ2n) is 4.17. The van der Waals surface area contributed by atoms with E-state index in [4.69, 9.17) is 17.3 Å². The lowest BCUT2D eigenvalue weighted by atomic mass is 10.1. The third-order valence-corrected chi connectivity index (χ3v) is 4.12. The fraction of sp³-hybridized carbons (Fsp3) is 0.250. The fourth-order valence-corrected chi connectivity index (χ4v) is 3.15. The summed E-state index contributed by atoms with van der Waals surface area (Å²) in [5.74, 6) is 0. The molecule has 0 saturated heterocycles. The van der Waals surface area contributed by atoms with Crippen molar-refractivity contribution in [1.29, 1.82) is 0 Å². The van der Waals surface area contributed by atoms with Crippen molar-refractivity contribution < 1.29 is 0 Å². The predicted molar refractivity (Wildman–Crippen MR) is 72.7 cm³/mol. The third-order valence-electron chi connectivity index (χ3n) is 3.02. The van der Waals surface area contributed by atoms with E-state index in [1.165, 1.54) is 22.5 Å². The molecule has 1 aromatic carbocycles. The second kappa shape index (κ2) is 4.20. The van der Waals surface area contributed by atoms with Gasteiger partial charge in [0.05, 0.1) is 6.04 Å². The highest BCUT2D eigenvalue weighted by Gasteiger charge is 2.22. The highest BCUT2D eigenvalue weighted by Crippen LogP contribution is 2.35. The number of thiazole rings is 1. The van der Waals surface area contributed by atoms with Crippen LogP contribution in [0.2, 0.25) is 5.15 Å². The molecule has 1 heterocycles. The van der Waals surface area contributed by atoms with Crippen LogP contribution in [0, 0.1) is 0 Å². The maximum absolute atomic E-state index is 5.81. The zero-order chi connectivity index (χ0) is 11.8. The molecule has 0 fully saturated rings. The van der Waals surface area contributed by atoms with Gasteiger partial charge in [0.25, 0.3) is 0 Å². The zero-order valence-corrected chi connectivity index (χ0v) is 10.7. The molecule has 1 aliphatic carbocycles. The van der Waals surface area contributed by atoms with Crippen LogP contribution in [-0.4, -0.2) is 4.98 Å². The molecule has 1 aliphatic rings. The molecule has 0 aliphatic heterocycles. The van der Waals surface area contributed by atoms with Crippen molar-refractivity contribution in [2.24, 2.45) is 0 Å². The van der Waals surface area contributed by atoms with Crippen molar-refractivity contribution in [2.75, 3.05) is 11.1 Å². The van der Waals surface area contributed by atoms with Gasteiger partial charge in [-0.2, -0.15) is 0 Å². The lowest BCUT2D eigenvalue weighted by molar-refractivity contribution is 0.761. The van der Waals surface area contributed by atoms with Gasteiger partial charge in [-0.3, -0.25) is 0 Å². The Morgan fingerprint density at radius 1 is 1.47 bits per heavy atom. The van der Waals surface area contributed by atoms with Gasteiger partial charge in [0.15, 0.2) is 5.13 Å². The molecule has 3 nitrogen and oxygen atoms in total. The van der Waals surface area contributed by atoms with Gasteiger partial charge < -0.3 is 11.1 Å². The fourth-order valence-electron chi connectivity index (χ4n) is 2.26. The van der Waals surface area contributed by atoms with Gasteiger partial charge in [-0.25, -0.2) is 4.98 Å². The van der Waals surface area contributed by atoms with Gasteiger partial charge >= 0.3 is 0 Å². The first-order chi connectivity index (χ1) is 8.22. The molecule has 1 aromatic heterocycles. The molecule has 0 bridgehead atoms. The second-order valence-corrected chi connectivity index (χ2v) is 5.41. The number of halogens is 1. The van der Waals surface area contributed by atoms with E-state index in [0.29, 0.717) is 11.2 Å². The number of nitrogen functional groups attached to an aromatic ring is 1. The Hall–Kier alpha value is -1.26. The van der Waals surface area contributed by atoms with E-state index in [9.17, 15) is 0 Å². The minimum absolute atomic E-state index is 0.327. The summed E-state index contributed by atoms with van der Waals surface area (Å²) in [6.45, 7) is 0. The average molecular weight is 266 g/mol. The van der Waals surface area contributed by atoms with E-state index in [-0.39, 0.29) is 0 Å². The van der Waals surface area contributed by atoms with Crippen LogP contribution in [0.3, 0.4) is 0 Å². The Bertz CT molecular complexity index is 552. The van der Waals surface area contributed by atoms with Crippen LogP contribution in [0.15, 0.2) is 23.6 Å². The van der Waals surface area contributed by atoms with Gasteiger partial charge in [0.2, 0.25) is 0 Å². The quantitative estimate of drug-likeness (QED) is 0.818. The van der Waals surface area contributed by atoms with Crippen molar-refractivity contribution in [1.82, 2.24) is 4.98 Å². The van der Waals surface area contributed by atoms with E-state index in [1.807, 2.05) is 11.4 Å². The number of hydrogen-bond donors (Lipinski definition) is 2. The Labute approximate surface area is 109 Å². The highest BCUT2D eigenvalue weighted by molar-refractivity contribution is 7.14. The molecule has 1 unspecified atom stereocenters. The Morgan fingerprint density at radius 3 is 3.12 bits per heavy atom. The summed E-state index contributed by atoms with van der Waals surface area (Å²) in [4.78, 5) is 4.21. The maximum atomic E-state index is 5.81. The molecule has 88 valence electrons. The van der Waals surface area contributed by atoms with E-state index in [2.05, 4.69) is 22.4 Å². The molecule has 17 heavy (non-hydrogen) atoms. The number of rotatable bonds is 2. The first kappa shape index (κ1) is 10.9. The number of aromatic nitrogens is 1. The van der Waals surface area contributed by atoms with E-state index in [1.54, 1.807) is 0 Å².